The molecule has 1 atom stereocenters. The summed E-state index contributed by atoms with van der Waals surface area (Å²) < 4.78 is 13.0. The molecule has 3 aromatic carbocycles. The van der Waals surface area contributed by atoms with Crippen LogP contribution in [0.15, 0.2) is 91.0 Å². The zero-order chi connectivity index (χ0) is 18.4. The van der Waals surface area contributed by atoms with Gasteiger partial charge in [0, 0.05) is 13.1 Å². The standard InChI is InChI=1S/C24H24NO2/c1-4-10-20(11-5-1)19-27-24(21-12-6-2-7-13-21,22-14-8-3-9-15-22)23-18-25-16-17-26-23/h1-15,23H,16-19H2. The summed E-state index contributed by atoms with van der Waals surface area (Å²) in [6.45, 7) is 2.50. The fourth-order valence-electron chi connectivity index (χ4n) is 3.71. The van der Waals surface area contributed by atoms with E-state index >= 15 is 0 Å². The lowest BCUT2D eigenvalue weighted by atomic mass is 9.80. The molecular weight excluding hydrogens is 334 g/mol. The topological polar surface area (TPSA) is 32.6 Å². The number of benzene rings is 3. The highest BCUT2D eigenvalue weighted by molar-refractivity contribution is 5.39. The molecule has 1 unspecified atom stereocenters. The van der Waals surface area contributed by atoms with E-state index in [1.807, 2.05) is 30.3 Å². The normalized spacial score (nSPS) is 17.6. The number of morpholine rings is 1. The van der Waals surface area contributed by atoms with Crippen molar-refractivity contribution in [3.8, 4) is 0 Å². The molecule has 0 aliphatic carbocycles. The van der Waals surface area contributed by atoms with Crippen LogP contribution < -0.4 is 5.32 Å². The van der Waals surface area contributed by atoms with Gasteiger partial charge in [-0.1, -0.05) is 91.0 Å². The van der Waals surface area contributed by atoms with Gasteiger partial charge >= 0.3 is 0 Å². The van der Waals surface area contributed by atoms with Crippen LogP contribution in [0, 0.1) is 0 Å². The molecule has 1 heterocycles. The first-order chi connectivity index (χ1) is 13.4. The molecule has 3 heteroatoms. The monoisotopic (exact) mass is 358 g/mol. The van der Waals surface area contributed by atoms with Gasteiger partial charge < -0.3 is 9.47 Å². The largest absolute Gasteiger partial charge is 0.372 e. The van der Waals surface area contributed by atoms with E-state index < -0.39 is 5.60 Å². The summed E-state index contributed by atoms with van der Waals surface area (Å²) in [6.07, 6.45) is -0.167. The summed E-state index contributed by atoms with van der Waals surface area (Å²) in [6, 6.07) is 31.0. The molecule has 27 heavy (non-hydrogen) atoms. The summed E-state index contributed by atoms with van der Waals surface area (Å²) in [7, 11) is 0. The number of hydrogen-bond acceptors (Lipinski definition) is 2. The maximum absolute atomic E-state index is 6.74. The SMILES string of the molecule is c1ccc(COC(c2ccccc2)(c2ccccc2)C2C[N]CCO2)cc1. The summed E-state index contributed by atoms with van der Waals surface area (Å²) in [5.41, 5.74) is 2.62. The molecule has 0 bridgehead atoms. The van der Waals surface area contributed by atoms with E-state index in [0.717, 1.165) is 23.2 Å². The maximum atomic E-state index is 6.74. The third-order valence-electron chi connectivity index (χ3n) is 5.03. The van der Waals surface area contributed by atoms with Gasteiger partial charge in [-0.2, -0.15) is 0 Å². The first kappa shape index (κ1) is 17.9. The molecule has 0 amide bonds. The van der Waals surface area contributed by atoms with Gasteiger partial charge in [0.15, 0.2) is 0 Å². The first-order valence-electron chi connectivity index (χ1n) is 9.43. The molecule has 0 N–H and O–H groups in total. The van der Waals surface area contributed by atoms with Crippen LogP contribution in [0.1, 0.15) is 16.7 Å². The van der Waals surface area contributed by atoms with Crippen LogP contribution in [0.3, 0.4) is 0 Å². The summed E-state index contributed by atoms with van der Waals surface area (Å²) >= 11 is 0. The fourth-order valence-corrected chi connectivity index (χ4v) is 3.71. The van der Waals surface area contributed by atoms with E-state index in [1.54, 1.807) is 0 Å². The molecule has 3 nitrogen and oxygen atoms in total. The number of hydrogen-bond donors (Lipinski definition) is 0. The third kappa shape index (κ3) is 3.81. The second-order valence-corrected chi connectivity index (χ2v) is 6.73. The van der Waals surface area contributed by atoms with Crippen LogP contribution in [-0.2, 0) is 21.7 Å². The van der Waals surface area contributed by atoms with E-state index in [0.29, 0.717) is 19.8 Å². The number of rotatable bonds is 6. The van der Waals surface area contributed by atoms with Gasteiger partial charge in [-0.15, -0.1) is 0 Å². The minimum atomic E-state index is -0.706. The highest BCUT2D eigenvalue weighted by Crippen LogP contribution is 2.40. The second-order valence-electron chi connectivity index (χ2n) is 6.73. The molecular formula is C24H24NO2. The Morgan fingerprint density at radius 1 is 0.815 bits per heavy atom. The third-order valence-corrected chi connectivity index (χ3v) is 5.03. The minimum absolute atomic E-state index is 0.167. The van der Waals surface area contributed by atoms with Crippen molar-refractivity contribution in [2.24, 2.45) is 0 Å². The van der Waals surface area contributed by atoms with Crippen LogP contribution in [0.4, 0.5) is 0 Å². The van der Waals surface area contributed by atoms with E-state index in [4.69, 9.17) is 9.47 Å². The van der Waals surface area contributed by atoms with Gasteiger partial charge in [0.25, 0.3) is 0 Å². The van der Waals surface area contributed by atoms with Crippen molar-refractivity contribution >= 4 is 0 Å². The maximum Gasteiger partial charge on any atom is 0.146 e. The zero-order valence-corrected chi connectivity index (χ0v) is 15.3. The molecule has 1 aliphatic heterocycles. The first-order valence-corrected chi connectivity index (χ1v) is 9.43. The number of nitrogens with zero attached hydrogens (tertiary/aromatic N) is 1. The highest BCUT2D eigenvalue weighted by Gasteiger charge is 2.45. The van der Waals surface area contributed by atoms with Crippen molar-refractivity contribution in [2.45, 2.75) is 18.3 Å². The summed E-state index contributed by atoms with van der Waals surface area (Å²) in [5.74, 6) is 0. The summed E-state index contributed by atoms with van der Waals surface area (Å²) in [5, 5.41) is 4.63. The highest BCUT2D eigenvalue weighted by atomic mass is 16.6. The lowest BCUT2D eigenvalue weighted by Crippen LogP contribution is -2.51. The Balaban J connectivity index is 1.80. The predicted molar refractivity (Wildman–Crippen MR) is 107 cm³/mol. The molecule has 0 aromatic heterocycles. The lowest BCUT2D eigenvalue weighted by molar-refractivity contribution is -0.144. The van der Waals surface area contributed by atoms with E-state index in [-0.39, 0.29) is 6.10 Å². The average molecular weight is 358 g/mol. The van der Waals surface area contributed by atoms with E-state index in [2.05, 4.69) is 66.0 Å². The second kappa shape index (κ2) is 8.49. The molecule has 0 spiro atoms. The summed E-state index contributed by atoms with van der Waals surface area (Å²) in [4.78, 5) is 0. The molecule has 0 saturated carbocycles. The Kier molecular flexibility index (Phi) is 5.64. The quantitative estimate of drug-likeness (QED) is 0.663. The van der Waals surface area contributed by atoms with Gasteiger partial charge in [0.05, 0.1) is 13.2 Å². The average Bonchev–Trinajstić information content (AvgIpc) is 2.77. The molecule has 4 rings (SSSR count). The van der Waals surface area contributed by atoms with Crippen molar-refractivity contribution in [3.05, 3.63) is 108 Å². The molecule has 1 radical (unpaired) electrons. The Morgan fingerprint density at radius 3 is 1.89 bits per heavy atom. The van der Waals surface area contributed by atoms with Crippen LogP contribution in [0.25, 0.3) is 0 Å². The van der Waals surface area contributed by atoms with E-state index in [1.165, 1.54) is 0 Å². The molecule has 1 saturated heterocycles. The number of ether oxygens (including phenoxy) is 2. The van der Waals surface area contributed by atoms with Crippen LogP contribution in [-0.4, -0.2) is 25.8 Å². The van der Waals surface area contributed by atoms with Crippen LogP contribution >= 0.6 is 0 Å². The van der Waals surface area contributed by atoms with Crippen molar-refractivity contribution < 1.29 is 9.47 Å². The zero-order valence-electron chi connectivity index (χ0n) is 15.3. The van der Waals surface area contributed by atoms with Crippen molar-refractivity contribution in [1.29, 1.82) is 0 Å². The minimum Gasteiger partial charge on any atom is -0.372 e. The van der Waals surface area contributed by atoms with Gasteiger partial charge in [-0.3, -0.25) is 0 Å². The fraction of sp³-hybridized carbons (Fsp3) is 0.250. The Hall–Kier alpha value is -2.46. The smallest absolute Gasteiger partial charge is 0.146 e. The Bertz CT molecular complexity index is 775. The Labute approximate surface area is 161 Å². The molecule has 1 aliphatic rings. The van der Waals surface area contributed by atoms with Crippen molar-refractivity contribution in [3.63, 3.8) is 0 Å². The van der Waals surface area contributed by atoms with Crippen molar-refractivity contribution in [2.75, 3.05) is 19.7 Å². The molecule has 3 aromatic rings. The molecule has 137 valence electrons. The van der Waals surface area contributed by atoms with Crippen LogP contribution in [0.5, 0.6) is 0 Å². The lowest BCUT2D eigenvalue weighted by Gasteiger charge is -2.42. The predicted octanol–water partition coefficient (Wildman–Crippen LogP) is 4.15. The van der Waals surface area contributed by atoms with Gasteiger partial charge in [-0.05, 0) is 16.7 Å². The van der Waals surface area contributed by atoms with Crippen LogP contribution in [0.2, 0.25) is 0 Å². The Morgan fingerprint density at radius 2 is 1.37 bits per heavy atom. The van der Waals surface area contributed by atoms with Gasteiger partial charge in [0.2, 0.25) is 0 Å². The van der Waals surface area contributed by atoms with Gasteiger partial charge in [0.1, 0.15) is 11.7 Å². The van der Waals surface area contributed by atoms with Crippen molar-refractivity contribution in [1.82, 2.24) is 5.32 Å². The van der Waals surface area contributed by atoms with E-state index in [9.17, 15) is 0 Å². The van der Waals surface area contributed by atoms with Gasteiger partial charge in [-0.25, -0.2) is 5.32 Å². The molecule has 1 fully saturated rings.